The summed E-state index contributed by atoms with van der Waals surface area (Å²) in [5.74, 6) is 0.508. The number of hydrogen-bond donors (Lipinski definition) is 0. The van der Waals surface area contributed by atoms with Crippen molar-refractivity contribution in [2.24, 2.45) is 5.92 Å². The van der Waals surface area contributed by atoms with E-state index in [1.54, 1.807) is 11.9 Å². The van der Waals surface area contributed by atoms with Gasteiger partial charge in [-0.3, -0.25) is 4.79 Å². The molecule has 1 rings (SSSR count). The summed E-state index contributed by atoms with van der Waals surface area (Å²) in [5, 5.41) is 0. The Balaban J connectivity index is 2.57. The van der Waals surface area contributed by atoms with Crippen LogP contribution in [0.5, 0.6) is 0 Å². The van der Waals surface area contributed by atoms with Crippen molar-refractivity contribution in [2.75, 3.05) is 18.6 Å². The third-order valence-electron chi connectivity index (χ3n) is 2.91. The zero-order valence-electron chi connectivity index (χ0n) is 9.56. The van der Waals surface area contributed by atoms with E-state index >= 15 is 0 Å². The molecule has 0 aromatic heterocycles. The molecule has 0 bridgehead atoms. The van der Waals surface area contributed by atoms with E-state index < -0.39 is 9.84 Å². The van der Waals surface area contributed by atoms with E-state index in [1.165, 1.54) is 0 Å². The van der Waals surface area contributed by atoms with Crippen LogP contribution in [0.15, 0.2) is 0 Å². The zero-order chi connectivity index (χ0) is 11.6. The Morgan fingerprint density at radius 1 is 1.27 bits per heavy atom. The van der Waals surface area contributed by atoms with Gasteiger partial charge in [0.15, 0.2) is 0 Å². The lowest BCUT2D eigenvalue weighted by atomic mass is 10.1. The SMILES string of the molecule is CC(C)C(=O)N(C)C1CCS(=O)(=O)CC1. The van der Waals surface area contributed by atoms with Gasteiger partial charge in [0, 0.05) is 19.0 Å². The molecule has 1 aliphatic rings. The van der Waals surface area contributed by atoms with Gasteiger partial charge in [-0.15, -0.1) is 0 Å². The van der Waals surface area contributed by atoms with E-state index in [9.17, 15) is 13.2 Å². The van der Waals surface area contributed by atoms with Crippen molar-refractivity contribution in [1.29, 1.82) is 0 Å². The van der Waals surface area contributed by atoms with Gasteiger partial charge < -0.3 is 4.90 Å². The second-order valence-corrected chi connectivity index (χ2v) is 6.79. The Bertz CT molecular complexity index is 321. The molecular weight excluding hydrogens is 214 g/mol. The first-order valence-electron chi connectivity index (χ1n) is 5.30. The van der Waals surface area contributed by atoms with Gasteiger partial charge in [0.2, 0.25) is 5.91 Å². The van der Waals surface area contributed by atoms with Crippen LogP contribution in [0.2, 0.25) is 0 Å². The van der Waals surface area contributed by atoms with Gasteiger partial charge in [0.05, 0.1) is 11.5 Å². The number of rotatable bonds is 2. The molecule has 1 amide bonds. The van der Waals surface area contributed by atoms with Crippen molar-refractivity contribution >= 4 is 15.7 Å². The Kier molecular flexibility index (Phi) is 3.76. The van der Waals surface area contributed by atoms with Gasteiger partial charge in [0.25, 0.3) is 0 Å². The second-order valence-electron chi connectivity index (χ2n) is 4.49. The minimum absolute atomic E-state index is 0.0199. The van der Waals surface area contributed by atoms with E-state index in [0.29, 0.717) is 12.8 Å². The highest BCUT2D eigenvalue weighted by Gasteiger charge is 2.29. The third kappa shape index (κ3) is 3.19. The van der Waals surface area contributed by atoms with E-state index in [2.05, 4.69) is 0 Å². The molecule has 5 heteroatoms. The topological polar surface area (TPSA) is 54.5 Å². The summed E-state index contributed by atoms with van der Waals surface area (Å²) in [6.45, 7) is 3.72. The number of amides is 1. The fraction of sp³-hybridized carbons (Fsp3) is 0.900. The van der Waals surface area contributed by atoms with Crippen molar-refractivity contribution in [2.45, 2.75) is 32.7 Å². The normalized spacial score (nSPS) is 21.6. The van der Waals surface area contributed by atoms with E-state index in [-0.39, 0.29) is 29.4 Å². The Labute approximate surface area is 91.6 Å². The lowest BCUT2D eigenvalue weighted by Crippen LogP contribution is -2.43. The van der Waals surface area contributed by atoms with Crippen LogP contribution in [-0.2, 0) is 14.6 Å². The van der Waals surface area contributed by atoms with Crippen molar-refractivity contribution in [3.63, 3.8) is 0 Å². The average molecular weight is 233 g/mol. The van der Waals surface area contributed by atoms with Crippen molar-refractivity contribution in [3.05, 3.63) is 0 Å². The molecule has 0 N–H and O–H groups in total. The maximum absolute atomic E-state index is 11.7. The lowest BCUT2D eigenvalue weighted by molar-refractivity contribution is -0.135. The fourth-order valence-corrected chi connectivity index (χ4v) is 3.32. The van der Waals surface area contributed by atoms with Crippen LogP contribution in [0.4, 0.5) is 0 Å². The average Bonchev–Trinajstić information content (AvgIpc) is 2.15. The highest BCUT2D eigenvalue weighted by Crippen LogP contribution is 2.18. The summed E-state index contributed by atoms with van der Waals surface area (Å²) >= 11 is 0. The largest absolute Gasteiger partial charge is 0.342 e. The smallest absolute Gasteiger partial charge is 0.225 e. The lowest BCUT2D eigenvalue weighted by Gasteiger charge is -2.32. The quantitative estimate of drug-likeness (QED) is 0.704. The summed E-state index contributed by atoms with van der Waals surface area (Å²) in [5.41, 5.74) is 0. The van der Waals surface area contributed by atoms with Crippen LogP contribution in [0.1, 0.15) is 26.7 Å². The first kappa shape index (κ1) is 12.5. The molecule has 1 fully saturated rings. The van der Waals surface area contributed by atoms with Gasteiger partial charge in [0.1, 0.15) is 9.84 Å². The van der Waals surface area contributed by atoms with Gasteiger partial charge in [-0.1, -0.05) is 13.8 Å². The standard InChI is InChI=1S/C10H19NO3S/c1-8(2)10(12)11(3)9-4-6-15(13,14)7-5-9/h8-9H,4-7H2,1-3H3. The summed E-state index contributed by atoms with van der Waals surface area (Å²) in [4.78, 5) is 13.4. The first-order valence-corrected chi connectivity index (χ1v) is 7.13. The number of carbonyl (C=O) groups excluding carboxylic acids is 1. The Morgan fingerprint density at radius 2 is 1.73 bits per heavy atom. The molecule has 88 valence electrons. The molecule has 15 heavy (non-hydrogen) atoms. The van der Waals surface area contributed by atoms with Crippen LogP contribution in [0, 0.1) is 5.92 Å². The molecule has 0 radical (unpaired) electrons. The van der Waals surface area contributed by atoms with Crippen molar-refractivity contribution in [1.82, 2.24) is 4.90 Å². The van der Waals surface area contributed by atoms with Crippen LogP contribution in [0.3, 0.4) is 0 Å². The number of hydrogen-bond acceptors (Lipinski definition) is 3. The predicted molar refractivity (Wildman–Crippen MR) is 59.3 cm³/mol. The number of carbonyl (C=O) groups is 1. The Morgan fingerprint density at radius 3 is 2.13 bits per heavy atom. The van der Waals surface area contributed by atoms with Crippen LogP contribution in [-0.4, -0.2) is 43.8 Å². The van der Waals surface area contributed by atoms with Crippen LogP contribution in [0.25, 0.3) is 0 Å². The van der Waals surface area contributed by atoms with Crippen molar-refractivity contribution < 1.29 is 13.2 Å². The molecule has 0 aliphatic carbocycles. The van der Waals surface area contributed by atoms with E-state index in [0.717, 1.165) is 0 Å². The fourth-order valence-electron chi connectivity index (χ4n) is 1.85. The molecule has 1 aliphatic heterocycles. The minimum Gasteiger partial charge on any atom is -0.342 e. The number of sulfone groups is 1. The second kappa shape index (κ2) is 4.51. The van der Waals surface area contributed by atoms with Gasteiger partial charge in [-0.05, 0) is 12.8 Å². The van der Waals surface area contributed by atoms with Gasteiger partial charge >= 0.3 is 0 Å². The highest BCUT2D eigenvalue weighted by atomic mass is 32.2. The highest BCUT2D eigenvalue weighted by molar-refractivity contribution is 7.91. The molecule has 0 unspecified atom stereocenters. The summed E-state index contributed by atoms with van der Waals surface area (Å²) in [7, 11) is -1.06. The third-order valence-corrected chi connectivity index (χ3v) is 4.63. The number of nitrogens with zero attached hydrogens (tertiary/aromatic N) is 1. The van der Waals surface area contributed by atoms with Crippen LogP contribution >= 0.6 is 0 Å². The predicted octanol–water partition coefficient (Wildman–Crippen LogP) is 0.678. The van der Waals surface area contributed by atoms with E-state index in [4.69, 9.17) is 0 Å². The molecule has 4 nitrogen and oxygen atoms in total. The molecule has 0 aromatic rings. The maximum atomic E-state index is 11.7. The minimum atomic E-state index is -2.83. The van der Waals surface area contributed by atoms with Crippen LogP contribution < -0.4 is 0 Å². The first-order chi connectivity index (χ1) is 6.83. The molecule has 0 atom stereocenters. The molecule has 0 spiro atoms. The van der Waals surface area contributed by atoms with Crippen molar-refractivity contribution in [3.8, 4) is 0 Å². The monoisotopic (exact) mass is 233 g/mol. The molecule has 1 heterocycles. The summed E-state index contributed by atoms with van der Waals surface area (Å²) < 4.78 is 22.4. The molecular formula is C10H19NO3S. The van der Waals surface area contributed by atoms with Gasteiger partial charge in [-0.2, -0.15) is 0 Å². The van der Waals surface area contributed by atoms with Gasteiger partial charge in [-0.25, -0.2) is 8.42 Å². The molecule has 0 saturated carbocycles. The summed E-state index contributed by atoms with van der Waals surface area (Å²) in [6, 6.07) is 0.100. The Hall–Kier alpha value is -0.580. The molecule has 0 aromatic carbocycles. The van der Waals surface area contributed by atoms with E-state index in [1.807, 2.05) is 13.8 Å². The molecule has 1 saturated heterocycles. The zero-order valence-corrected chi connectivity index (χ0v) is 10.4. The summed E-state index contributed by atoms with van der Waals surface area (Å²) in [6.07, 6.45) is 1.16. The maximum Gasteiger partial charge on any atom is 0.225 e.